The van der Waals surface area contributed by atoms with E-state index in [-0.39, 0.29) is 16.3 Å². The van der Waals surface area contributed by atoms with Crippen molar-refractivity contribution in [1.82, 2.24) is 0 Å². The molecule has 0 radical (unpaired) electrons. The van der Waals surface area contributed by atoms with E-state index < -0.39 is 14.9 Å². The van der Waals surface area contributed by atoms with Gasteiger partial charge in [-0.25, -0.2) is 8.42 Å². The maximum atomic E-state index is 12.3. The van der Waals surface area contributed by atoms with Crippen LogP contribution in [0.3, 0.4) is 0 Å². The molecule has 110 valence electrons. The summed E-state index contributed by atoms with van der Waals surface area (Å²) in [6, 6.07) is 10.4. The SMILES string of the molecule is Cc1ccc(S(=O)(=O)Nc2c(Br)cccc2[N+](=O)[O-])cc1. The van der Waals surface area contributed by atoms with E-state index in [0.717, 1.165) is 5.56 Å². The minimum atomic E-state index is -3.89. The summed E-state index contributed by atoms with van der Waals surface area (Å²) < 4.78 is 27.1. The molecule has 0 spiro atoms. The van der Waals surface area contributed by atoms with Gasteiger partial charge in [0.05, 0.1) is 9.82 Å². The quantitative estimate of drug-likeness (QED) is 0.658. The third-order valence-electron chi connectivity index (χ3n) is 2.76. The predicted molar refractivity (Wildman–Crippen MR) is 82.8 cm³/mol. The van der Waals surface area contributed by atoms with Crippen LogP contribution < -0.4 is 4.72 Å². The van der Waals surface area contributed by atoms with E-state index in [9.17, 15) is 18.5 Å². The van der Waals surface area contributed by atoms with Gasteiger partial charge < -0.3 is 0 Å². The highest BCUT2D eigenvalue weighted by atomic mass is 79.9. The lowest BCUT2D eigenvalue weighted by Crippen LogP contribution is -2.14. The van der Waals surface area contributed by atoms with E-state index in [1.54, 1.807) is 12.1 Å². The van der Waals surface area contributed by atoms with Gasteiger partial charge in [-0.2, -0.15) is 0 Å². The molecule has 0 aliphatic carbocycles. The summed E-state index contributed by atoms with van der Waals surface area (Å²) in [6.45, 7) is 1.84. The number of anilines is 1. The topological polar surface area (TPSA) is 89.3 Å². The van der Waals surface area contributed by atoms with Gasteiger partial charge >= 0.3 is 0 Å². The monoisotopic (exact) mass is 370 g/mol. The Hall–Kier alpha value is -1.93. The van der Waals surface area contributed by atoms with Crippen molar-refractivity contribution in [1.29, 1.82) is 0 Å². The fourth-order valence-electron chi connectivity index (χ4n) is 1.68. The minimum absolute atomic E-state index is 0.0400. The lowest BCUT2D eigenvalue weighted by atomic mass is 10.2. The zero-order chi connectivity index (χ0) is 15.6. The van der Waals surface area contributed by atoms with Crippen LogP contribution in [-0.2, 0) is 10.0 Å². The molecule has 0 heterocycles. The van der Waals surface area contributed by atoms with E-state index >= 15 is 0 Å². The Labute approximate surface area is 130 Å². The average molecular weight is 371 g/mol. The smallest absolute Gasteiger partial charge is 0.272 e. The van der Waals surface area contributed by atoms with Gasteiger partial charge in [-0.1, -0.05) is 23.8 Å². The zero-order valence-corrected chi connectivity index (χ0v) is 13.3. The van der Waals surface area contributed by atoms with Crippen molar-refractivity contribution >= 4 is 37.3 Å². The maximum Gasteiger partial charge on any atom is 0.294 e. The molecule has 2 aromatic rings. The number of hydrogen-bond donors (Lipinski definition) is 1. The van der Waals surface area contributed by atoms with Gasteiger partial charge in [-0.05, 0) is 41.1 Å². The Morgan fingerprint density at radius 3 is 2.33 bits per heavy atom. The predicted octanol–water partition coefficient (Wildman–Crippen LogP) is 3.47. The van der Waals surface area contributed by atoms with E-state index in [2.05, 4.69) is 20.7 Å². The highest BCUT2D eigenvalue weighted by molar-refractivity contribution is 9.10. The van der Waals surface area contributed by atoms with Crippen LogP contribution in [0.5, 0.6) is 0 Å². The molecular weight excluding hydrogens is 360 g/mol. The normalized spacial score (nSPS) is 11.1. The fraction of sp³-hybridized carbons (Fsp3) is 0.0769. The lowest BCUT2D eigenvalue weighted by molar-refractivity contribution is -0.383. The molecule has 0 saturated carbocycles. The first kappa shape index (κ1) is 15.5. The number of hydrogen-bond acceptors (Lipinski definition) is 4. The van der Waals surface area contributed by atoms with Crippen molar-refractivity contribution in [2.75, 3.05) is 4.72 Å². The van der Waals surface area contributed by atoms with Crippen LogP contribution in [0.4, 0.5) is 11.4 Å². The number of rotatable bonds is 4. The number of nitro benzene ring substituents is 1. The van der Waals surface area contributed by atoms with Crippen LogP contribution in [0.15, 0.2) is 51.8 Å². The molecule has 0 aliphatic heterocycles. The largest absolute Gasteiger partial charge is 0.294 e. The second-order valence-electron chi connectivity index (χ2n) is 4.31. The third-order valence-corrected chi connectivity index (χ3v) is 4.78. The summed E-state index contributed by atoms with van der Waals surface area (Å²) in [4.78, 5) is 10.4. The minimum Gasteiger partial charge on any atom is -0.272 e. The molecule has 8 heteroatoms. The van der Waals surface area contributed by atoms with Crippen LogP contribution in [0.2, 0.25) is 0 Å². The van der Waals surface area contributed by atoms with Crippen molar-refractivity contribution in [3.63, 3.8) is 0 Å². The first-order valence-corrected chi connectivity index (χ1v) is 8.11. The van der Waals surface area contributed by atoms with E-state index in [0.29, 0.717) is 4.47 Å². The molecule has 0 bridgehead atoms. The van der Waals surface area contributed by atoms with Gasteiger partial charge in [-0.15, -0.1) is 0 Å². The van der Waals surface area contributed by atoms with E-state index in [4.69, 9.17) is 0 Å². The molecule has 0 fully saturated rings. The van der Waals surface area contributed by atoms with Crippen LogP contribution in [0.1, 0.15) is 5.56 Å². The number of sulfonamides is 1. The van der Waals surface area contributed by atoms with Crippen LogP contribution in [0, 0.1) is 17.0 Å². The van der Waals surface area contributed by atoms with Crippen molar-refractivity contribution in [3.05, 3.63) is 62.6 Å². The highest BCUT2D eigenvalue weighted by Gasteiger charge is 2.22. The Bertz CT molecular complexity index is 788. The van der Waals surface area contributed by atoms with Crippen molar-refractivity contribution < 1.29 is 13.3 Å². The van der Waals surface area contributed by atoms with Crippen LogP contribution in [0.25, 0.3) is 0 Å². The molecule has 0 amide bonds. The number of para-hydroxylation sites is 1. The second kappa shape index (κ2) is 5.82. The maximum absolute atomic E-state index is 12.3. The molecule has 0 aliphatic rings. The molecule has 0 atom stereocenters. The van der Waals surface area contributed by atoms with Crippen LogP contribution in [-0.4, -0.2) is 13.3 Å². The molecule has 2 aromatic carbocycles. The van der Waals surface area contributed by atoms with Crippen LogP contribution >= 0.6 is 15.9 Å². The first-order valence-electron chi connectivity index (χ1n) is 5.83. The summed E-state index contributed by atoms with van der Waals surface area (Å²) in [7, 11) is -3.89. The second-order valence-corrected chi connectivity index (χ2v) is 6.85. The summed E-state index contributed by atoms with van der Waals surface area (Å²) >= 11 is 3.12. The number of aryl methyl sites for hydroxylation is 1. The first-order chi connectivity index (χ1) is 9.81. The lowest BCUT2D eigenvalue weighted by Gasteiger charge is -2.10. The van der Waals surface area contributed by atoms with Gasteiger partial charge in [0.2, 0.25) is 0 Å². The van der Waals surface area contributed by atoms with Gasteiger partial charge in [0, 0.05) is 10.5 Å². The molecule has 2 rings (SSSR count). The summed E-state index contributed by atoms with van der Waals surface area (Å²) in [5, 5.41) is 11.0. The molecular formula is C13H11BrN2O4S. The van der Waals surface area contributed by atoms with Gasteiger partial charge in [-0.3, -0.25) is 14.8 Å². The summed E-state index contributed by atoms with van der Waals surface area (Å²) in [6.07, 6.45) is 0. The molecule has 0 saturated heterocycles. The van der Waals surface area contributed by atoms with Crippen molar-refractivity contribution in [2.24, 2.45) is 0 Å². The number of nitrogens with one attached hydrogen (secondary N) is 1. The number of nitro groups is 1. The Kier molecular flexibility index (Phi) is 4.29. The number of halogens is 1. The molecule has 6 nitrogen and oxygen atoms in total. The Balaban J connectivity index is 2.46. The molecule has 21 heavy (non-hydrogen) atoms. The molecule has 0 aromatic heterocycles. The Morgan fingerprint density at radius 1 is 1.14 bits per heavy atom. The third kappa shape index (κ3) is 3.40. The summed E-state index contributed by atoms with van der Waals surface area (Å²) in [5.74, 6) is 0. The highest BCUT2D eigenvalue weighted by Crippen LogP contribution is 2.33. The van der Waals surface area contributed by atoms with Gasteiger partial charge in [0.15, 0.2) is 0 Å². The van der Waals surface area contributed by atoms with Crippen molar-refractivity contribution in [3.8, 4) is 0 Å². The number of benzene rings is 2. The zero-order valence-electron chi connectivity index (χ0n) is 10.9. The van der Waals surface area contributed by atoms with Crippen molar-refractivity contribution in [2.45, 2.75) is 11.8 Å². The summed E-state index contributed by atoms with van der Waals surface area (Å²) in [5.41, 5.74) is 0.504. The van der Waals surface area contributed by atoms with E-state index in [1.165, 1.54) is 30.3 Å². The molecule has 0 unspecified atom stereocenters. The van der Waals surface area contributed by atoms with Gasteiger partial charge in [0.25, 0.3) is 15.7 Å². The average Bonchev–Trinajstić information content (AvgIpc) is 2.41. The molecule has 1 N–H and O–H groups in total. The van der Waals surface area contributed by atoms with Gasteiger partial charge in [0.1, 0.15) is 5.69 Å². The number of nitrogens with zero attached hydrogens (tertiary/aromatic N) is 1. The van der Waals surface area contributed by atoms with E-state index in [1.807, 2.05) is 6.92 Å². The Morgan fingerprint density at radius 2 is 1.76 bits per heavy atom. The standard InChI is InChI=1S/C13H11BrN2O4S/c1-9-5-7-10(8-6-9)21(19,20)15-13-11(14)3-2-4-12(13)16(17)18/h2-8,15H,1H3. The fourth-order valence-corrected chi connectivity index (χ4v) is 3.36.